The largest absolute Gasteiger partial charge is 0.495 e. The lowest BCUT2D eigenvalue weighted by Gasteiger charge is -2.09. The number of methoxy groups -OCH3 is 1. The third-order valence-electron chi connectivity index (χ3n) is 3.52. The van der Waals surface area contributed by atoms with Gasteiger partial charge in [-0.05, 0) is 42.3 Å². The van der Waals surface area contributed by atoms with Gasteiger partial charge < -0.3 is 15.4 Å². The van der Waals surface area contributed by atoms with Gasteiger partial charge >= 0.3 is 0 Å². The van der Waals surface area contributed by atoms with Crippen molar-refractivity contribution in [2.45, 2.75) is 6.42 Å². The quantitative estimate of drug-likeness (QED) is 0.745. The maximum absolute atomic E-state index is 12.3. The van der Waals surface area contributed by atoms with Crippen molar-refractivity contribution < 1.29 is 14.3 Å². The molecule has 0 fully saturated rings. The van der Waals surface area contributed by atoms with Crippen LogP contribution in [0.4, 0.5) is 5.69 Å². The molecule has 2 aromatic carbocycles. The molecule has 2 rings (SSSR count). The standard InChI is InChI=1S/C19H19ClN2O3/c1-3-18(23)21-11-10-13-4-6-14(7-5-13)19(24)22-15-8-9-16(20)17(12-15)25-2/h3-9,12H,1,10-11H2,2H3,(H,21,23)(H,22,24). The SMILES string of the molecule is C=CC(=O)NCCc1ccc(C(=O)Nc2ccc(Cl)c(OC)c2)cc1. The Labute approximate surface area is 151 Å². The van der Waals surface area contributed by atoms with Gasteiger partial charge in [0, 0.05) is 23.9 Å². The minimum absolute atomic E-state index is 0.200. The number of hydrogen-bond donors (Lipinski definition) is 2. The van der Waals surface area contributed by atoms with Crippen molar-refractivity contribution in [1.82, 2.24) is 5.32 Å². The zero-order chi connectivity index (χ0) is 18.2. The molecular formula is C19H19ClN2O3. The van der Waals surface area contributed by atoms with E-state index >= 15 is 0 Å². The molecule has 25 heavy (non-hydrogen) atoms. The molecule has 0 atom stereocenters. The average molecular weight is 359 g/mol. The summed E-state index contributed by atoms with van der Waals surface area (Å²) in [5.41, 5.74) is 2.16. The predicted octanol–water partition coefficient (Wildman–Crippen LogP) is 3.45. The molecule has 0 spiro atoms. The number of benzene rings is 2. The molecule has 5 nitrogen and oxygen atoms in total. The van der Waals surface area contributed by atoms with Crippen molar-refractivity contribution >= 4 is 29.1 Å². The summed E-state index contributed by atoms with van der Waals surface area (Å²) in [5.74, 6) is 0.0710. The maximum Gasteiger partial charge on any atom is 0.255 e. The second-order valence-electron chi connectivity index (χ2n) is 5.25. The van der Waals surface area contributed by atoms with E-state index in [0.29, 0.717) is 35.0 Å². The molecule has 0 saturated carbocycles. The van der Waals surface area contributed by atoms with Crippen molar-refractivity contribution in [3.05, 3.63) is 71.3 Å². The average Bonchev–Trinajstić information content (AvgIpc) is 2.63. The molecule has 0 radical (unpaired) electrons. The van der Waals surface area contributed by atoms with Gasteiger partial charge in [0.25, 0.3) is 5.91 Å². The molecule has 0 unspecified atom stereocenters. The molecule has 0 bridgehead atoms. The van der Waals surface area contributed by atoms with Crippen molar-refractivity contribution in [2.75, 3.05) is 19.0 Å². The number of rotatable bonds is 7. The molecule has 0 saturated heterocycles. The molecule has 2 N–H and O–H groups in total. The first-order chi connectivity index (χ1) is 12.0. The van der Waals surface area contributed by atoms with E-state index in [2.05, 4.69) is 17.2 Å². The normalized spacial score (nSPS) is 10.0. The minimum Gasteiger partial charge on any atom is -0.495 e. The van der Waals surface area contributed by atoms with Gasteiger partial charge in [-0.2, -0.15) is 0 Å². The van der Waals surface area contributed by atoms with Gasteiger partial charge in [0.2, 0.25) is 5.91 Å². The van der Waals surface area contributed by atoms with Crippen molar-refractivity contribution in [2.24, 2.45) is 0 Å². The Balaban J connectivity index is 1.96. The Morgan fingerprint density at radius 3 is 2.56 bits per heavy atom. The number of anilines is 1. The summed E-state index contributed by atoms with van der Waals surface area (Å²) in [7, 11) is 1.52. The fraction of sp³-hybridized carbons (Fsp3) is 0.158. The van der Waals surface area contributed by atoms with Crippen LogP contribution < -0.4 is 15.4 Å². The first kappa shape index (κ1) is 18.5. The lowest BCUT2D eigenvalue weighted by Crippen LogP contribution is -2.23. The smallest absolute Gasteiger partial charge is 0.255 e. The molecule has 0 aliphatic carbocycles. The van der Waals surface area contributed by atoms with Crippen LogP contribution in [0.3, 0.4) is 0 Å². The Morgan fingerprint density at radius 1 is 1.20 bits per heavy atom. The Hall–Kier alpha value is -2.79. The van der Waals surface area contributed by atoms with Crippen LogP contribution in [-0.2, 0) is 11.2 Å². The number of amides is 2. The first-order valence-corrected chi connectivity index (χ1v) is 8.05. The van der Waals surface area contributed by atoms with E-state index in [1.165, 1.54) is 13.2 Å². The highest BCUT2D eigenvalue weighted by molar-refractivity contribution is 6.32. The van der Waals surface area contributed by atoms with Gasteiger partial charge in [-0.1, -0.05) is 30.3 Å². The van der Waals surface area contributed by atoms with E-state index in [0.717, 1.165) is 5.56 Å². The zero-order valence-corrected chi connectivity index (χ0v) is 14.6. The Bertz CT molecular complexity index is 773. The van der Waals surface area contributed by atoms with E-state index in [-0.39, 0.29) is 11.8 Å². The summed E-state index contributed by atoms with van der Waals surface area (Å²) in [6.07, 6.45) is 1.91. The molecule has 2 aromatic rings. The van der Waals surface area contributed by atoms with Gasteiger partial charge in [-0.3, -0.25) is 9.59 Å². The van der Waals surface area contributed by atoms with Gasteiger partial charge in [-0.25, -0.2) is 0 Å². The highest BCUT2D eigenvalue weighted by atomic mass is 35.5. The lowest BCUT2D eigenvalue weighted by atomic mass is 10.1. The van der Waals surface area contributed by atoms with Crippen LogP contribution in [0.5, 0.6) is 5.75 Å². The number of hydrogen-bond acceptors (Lipinski definition) is 3. The van der Waals surface area contributed by atoms with E-state index < -0.39 is 0 Å². The van der Waals surface area contributed by atoms with Crippen LogP contribution >= 0.6 is 11.6 Å². The van der Waals surface area contributed by atoms with E-state index in [4.69, 9.17) is 16.3 Å². The molecule has 6 heteroatoms. The monoisotopic (exact) mass is 358 g/mol. The van der Waals surface area contributed by atoms with Gasteiger partial charge in [-0.15, -0.1) is 0 Å². The molecule has 0 heterocycles. The molecule has 0 aliphatic heterocycles. The summed E-state index contributed by atoms with van der Waals surface area (Å²) in [4.78, 5) is 23.4. The van der Waals surface area contributed by atoms with Crippen LogP contribution in [0.2, 0.25) is 5.02 Å². The summed E-state index contributed by atoms with van der Waals surface area (Å²) in [5, 5.41) is 5.99. The highest BCUT2D eigenvalue weighted by Crippen LogP contribution is 2.27. The number of carbonyl (C=O) groups excluding carboxylic acids is 2. The Kier molecular flexibility index (Phi) is 6.60. The van der Waals surface area contributed by atoms with Gasteiger partial charge in [0.15, 0.2) is 0 Å². The van der Waals surface area contributed by atoms with Crippen LogP contribution in [0.25, 0.3) is 0 Å². The van der Waals surface area contributed by atoms with Crippen molar-refractivity contribution in [3.63, 3.8) is 0 Å². The topological polar surface area (TPSA) is 67.4 Å². The number of nitrogens with one attached hydrogen (secondary N) is 2. The number of ether oxygens (including phenoxy) is 1. The van der Waals surface area contributed by atoms with Crippen molar-refractivity contribution in [1.29, 1.82) is 0 Å². The fourth-order valence-corrected chi connectivity index (χ4v) is 2.36. The summed E-state index contributed by atoms with van der Waals surface area (Å²) in [6.45, 7) is 3.91. The lowest BCUT2D eigenvalue weighted by molar-refractivity contribution is -0.116. The zero-order valence-electron chi connectivity index (χ0n) is 13.8. The minimum atomic E-state index is -0.226. The highest BCUT2D eigenvalue weighted by Gasteiger charge is 2.08. The fourth-order valence-electron chi connectivity index (χ4n) is 2.17. The maximum atomic E-state index is 12.3. The van der Waals surface area contributed by atoms with Crippen molar-refractivity contribution in [3.8, 4) is 5.75 Å². The summed E-state index contributed by atoms with van der Waals surface area (Å²) in [6, 6.07) is 12.2. The molecule has 0 aromatic heterocycles. The Morgan fingerprint density at radius 2 is 1.92 bits per heavy atom. The predicted molar refractivity (Wildman–Crippen MR) is 99.3 cm³/mol. The number of halogens is 1. The second kappa shape index (κ2) is 8.89. The molecular weight excluding hydrogens is 340 g/mol. The second-order valence-corrected chi connectivity index (χ2v) is 5.65. The van der Waals surface area contributed by atoms with Crippen LogP contribution in [-0.4, -0.2) is 25.5 Å². The number of carbonyl (C=O) groups is 2. The van der Waals surface area contributed by atoms with Crippen LogP contribution in [0.15, 0.2) is 55.1 Å². The van der Waals surface area contributed by atoms with E-state index in [1.807, 2.05) is 12.1 Å². The molecule has 2 amide bonds. The summed E-state index contributed by atoms with van der Waals surface area (Å²) >= 11 is 5.97. The molecule has 130 valence electrons. The van der Waals surface area contributed by atoms with E-state index in [1.54, 1.807) is 30.3 Å². The summed E-state index contributed by atoms with van der Waals surface area (Å²) < 4.78 is 5.13. The van der Waals surface area contributed by atoms with Gasteiger partial charge in [0.1, 0.15) is 5.75 Å². The van der Waals surface area contributed by atoms with Gasteiger partial charge in [0.05, 0.1) is 12.1 Å². The van der Waals surface area contributed by atoms with E-state index in [9.17, 15) is 9.59 Å². The molecule has 0 aliphatic rings. The van der Waals surface area contributed by atoms with Crippen LogP contribution in [0.1, 0.15) is 15.9 Å². The van der Waals surface area contributed by atoms with Crippen LogP contribution in [0, 0.1) is 0 Å². The third kappa shape index (κ3) is 5.36. The third-order valence-corrected chi connectivity index (χ3v) is 3.84. The first-order valence-electron chi connectivity index (χ1n) is 7.67.